The molecule has 0 saturated carbocycles. The minimum atomic E-state index is 0.570. The van der Waals surface area contributed by atoms with E-state index in [0.29, 0.717) is 11.8 Å². The van der Waals surface area contributed by atoms with Gasteiger partial charge in [-0.15, -0.1) is 0 Å². The second-order valence-corrected chi connectivity index (χ2v) is 4.85. The molecule has 0 N–H and O–H groups in total. The van der Waals surface area contributed by atoms with Gasteiger partial charge in [0.1, 0.15) is 0 Å². The third kappa shape index (κ3) is 2.39. The highest BCUT2D eigenvalue weighted by atomic mass is 14.7. The van der Waals surface area contributed by atoms with E-state index >= 15 is 0 Å². The van der Waals surface area contributed by atoms with E-state index < -0.39 is 0 Å². The highest BCUT2D eigenvalue weighted by Gasteiger charge is 2.15. The van der Waals surface area contributed by atoms with Crippen molar-refractivity contribution >= 4 is 0 Å². The zero-order valence-electron chi connectivity index (χ0n) is 10.9. The van der Waals surface area contributed by atoms with Crippen molar-refractivity contribution < 1.29 is 0 Å². The van der Waals surface area contributed by atoms with E-state index in [-0.39, 0.29) is 0 Å². The fourth-order valence-corrected chi connectivity index (χ4v) is 2.27. The van der Waals surface area contributed by atoms with E-state index in [4.69, 9.17) is 0 Å². The molecule has 0 fully saturated rings. The molecular formula is C14H23N. The monoisotopic (exact) mass is 205 g/mol. The lowest BCUT2D eigenvalue weighted by Gasteiger charge is -2.20. The number of aromatic nitrogens is 1. The highest BCUT2D eigenvalue weighted by Crippen LogP contribution is 2.30. The van der Waals surface area contributed by atoms with Gasteiger partial charge in [-0.05, 0) is 41.9 Å². The molecule has 1 aromatic heterocycles. The van der Waals surface area contributed by atoms with E-state index in [2.05, 4.69) is 52.7 Å². The molecule has 84 valence electrons. The van der Waals surface area contributed by atoms with Crippen LogP contribution in [0.3, 0.4) is 0 Å². The summed E-state index contributed by atoms with van der Waals surface area (Å²) in [4.78, 5) is 4.51. The van der Waals surface area contributed by atoms with Gasteiger partial charge >= 0.3 is 0 Å². The maximum Gasteiger partial charge on any atom is 0.0407 e. The summed E-state index contributed by atoms with van der Waals surface area (Å²) < 4.78 is 0. The molecular weight excluding hydrogens is 182 g/mol. The smallest absolute Gasteiger partial charge is 0.0407 e. The highest BCUT2D eigenvalue weighted by molar-refractivity contribution is 5.40. The van der Waals surface area contributed by atoms with Crippen LogP contribution in [0.15, 0.2) is 6.20 Å². The number of hydrogen-bond acceptors (Lipinski definition) is 1. The predicted octanol–water partition coefficient (Wildman–Crippen LogP) is 4.20. The maximum absolute atomic E-state index is 4.51. The molecule has 1 heteroatoms. The van der Waals surface area contributed by atoms with Crippen LogP contribution < -0.4 is 0 Å². The first-order valence-corrected chi connectivity index (χ1v) is 5.97. The average molecular weight is 205 g/mol. The number of nitrogens with zero attached hydrogens (tertiary/aromatic N) is 1. The lowest BCUT2D eigenvalue weighted by atomic mass is 9.87. The molecule has 1 nitrogen and oxygen atoms in total. The van der Waals surface area contributed by atoms with E-state index in [9.17, 15) is 0 Å². The van der Waals surface area contributed by atoms with Crippen LogP contribution in [0.4, 0.5) is 0 Å². The zero-order chi connectivity index (χ0) is 11.6. The van der Waals surface area contributed by atoms with E-state index in [1.54, 1.807) is 0 Å². The van der Waals surface area contributed by atoms with Gasteiger partial charge in [0, 0.05) is 11.9 Å². The fourth-order valence-electron chi connectivity index (χ4n) is 2.27. The largest absolute Gasteiger partial charge is 0.261 e. The Morgan fingerprint density at radius 1 is 1.13 bits per heavy atom. The molecule has 1 heterocycles. The van der Waals surface area contributed by atoms with E-state index in [1.165, 1.54) is 22.4 Å². The predicted molar refractivity (Wildman–Crippen MR) is 66.5 cm³/mol. The van der Waals surface area contributed by atoms with Crippen LogP contribution >= 0.6 is 0 Å². The van der Waals surface area contributed by atoms with Crippen LogP contribution in [0.25, 0.3) is 0 Å². The Hall–Kier alpha value is -0.850. The summed E-state index contributed by atoms with van der Waals surface area (Å²) in [6, 6.07) is 0. The Balaban J connectivity index is 3.42. The number of rotatable bonds is 3. The van der Waals surface area contributed by atoms with Gasteiger partial charge in [-0.3, -0.25) is 4.98 Å². The van der Waals surface area contributed by atoms with Crippen molar-refractivity contribution in [3.63, 3.8) is 0 Å². The first-order valence-electron chi connectivity index (χ1n) is 5.97. The van der Waals surface area contributed by atoms with Crippen LogP contribution in [0, 0.1) is 6.92 Å². The lowest BCUT2D eigenvalue weighted by molar-refractivity contribution is 0.761. The first kappa shape index (κ1) is 12.2. The molecule has 15 heavy (non-hydrogen) atoms. The molecule has 0 aliphatic carbocycles. The Morgan fingerprint density at radius 3 is 2.13 bits per heavy atom. The molecule has 0 aliphatic rings. The van der Waals surface area contributed by atoms with Crippen molar-refractivity contribution in [2.24, 2.45) is 0 Å². The van der Waals surface area contributed by atoms with Crippen LogP contribution in [-0.4, -0.2) is 4.98 Å². The summed E-state index contributed by atoms with van der Waals surface area (Å²) in [7, 11) is 0. The van der Waals surface area contributed by atoms with Gasteiger partial charge in [0.2, 0.25) is 0 Å². The van der Waals surface area contributed by atoms with Crippen LogP contribution in [0.5, 0.6) is 0 Å². The zero-order valence-corrected chi connectivity index (χ0v) is 10.9. The average Bonchev–Trinajstić information content (AvgIpc) is 2.16. The van der Waals surface area contributed by atoms with Crippen molar-refractivity contribution in [3.05, 3.63) is 28.6 Å². The summed E-state index contributed by atoms with van der Waals surface area (Å²) >= 11 is 0. The normalized spacial score (nSPS) is 11.5. The van der Waals surface area contributed by atoms with Gasteiger partial charge in [0.05, 0.1) is 0 Å². The van der Waals surface area contributed by atoms with Crippen LogP contribution in [0.1, 0.15) is 68.8 Å². The Kier molecular flexibility index (Phi) is 3.90. The Labute approximate surface area is 93.9 Å². The van der Waals surface area contributed by atoms with Crippen molar-refractivity contribution in [3.8, 4) is 0 Å². The summed E-state index contributed by atoms with van der Waals surface area (Å²) in [6.07, 6.45) is 3.15. The maximum atomic E-state index is 4.51. The van der Waals surface area contributed by atoms with Gasteiger partial charge < -0.3 is 0 Å². The molecule has 0 radical (unpaired) electrons. The molecule has 0 spiro atoms. The quantitative estimate of drug-likeness (QED) is 0.720. The number of pyridine rings is 1. The van der Waals surface area contributed by atoms with Crippen LogP contribution in [-0.2, 0) is 6.42 Å². The number of hydrogen-bond donors (Lipinski definition) is 0. The van der Waals surface area contributed by atoms with Crippen molar-refractivity contribution in [2.45, 2.75) is 59.8 Å². The van der Waals surface area contributed by atoms with Gasteiger partial charge in [-0.1, -0.05) is 34.6 Å². The number of aryl methyl sites for hydroxylation is 1. The minimum Gasteiger partial charge on any atom is -0.261 e. The fraction of sp³-hybridized carbons (Fsp3) is 0.643. The summed E-state index contributed by atoms with van der Waals surface area (Å²) in [5.74, 6) is 1.17. The van der Waals surface area contributed by atoms with Crippen molar-refractivity contribution in [1.82, 2.24) is 4.98 Å². The second kappa shape index (κ2) is 4.78. The molecule has 0 unspecified atom stereocenters. The SMILES string of the molecule is CCc1c(C)ncc(C(C)C)c1C(C)C. The van der Waals surface area contributed by atoms with E-state index in [0.717, 1.165) is 6.42 Å². The Morgan fingerprint density at radius 2 is 1.73 bits per heavy atom. The molecule has 0 saturated heterocycles. The molecule has 0 bridgehead atoms. The minimum absolute atomic E-state index is 0.570. The third-order valence-corrected chi connectivity index (χ3v) is 3.02. The molecule has 1 aromatic rings. The third-order valence-electron chi connectivity index (χ3n) is 3.02. The van der Waals surface area contributed by atoms with Gasteiger partial charge in [-0.2, -0.15) is 0 Å². The van der Waals surface area contributed by atoms with Crippen molar-refractivity contribution in [2.75, 3.05) is 0 Å². The molecule has 1 rings (SSSR count). The molecule has 0 atom stereocenters. The van der Waals surface area contributed by atoms with E-state index in [1.807, 2.05) is 0 Å². The lowest BCUT2D eigenvalue weighted by Crippen LogP contribution is -2.07. The first-order chi connectivity index (χ1) is 6.99. The van der Waals surface area contributed by atoms with Crippen LogP contribution in [0.2, 0.25) is 0 Å². The second-order valence-electron chi connectivity index (χ2n) is 4.85. The summed E-state index contributed by atoms with van der Waals surface area (Å²) in [5.41, 5.74) is 5.61. The standard InChI is InChI=1S/C14H23N/c1-7-12-11(6)15-8-13(9(2)3)14(12)10(4)5/h8-10H,7H2,1-6H3. The molecule has 0 aromatic carbocycles. The molecule has 0 amide bonds. The molecule has 0 aliphatic heterocycles. The summed E-state index contributed by atoms with van der Waals surface area (Å²) in [6.45, 7) is 13.4. The Bertz CT molecular complexity index is 337. The van der Waals surface area contributed by atoms with Gasteiger partial charge in [-0.25, -0.2) is 0 Å². The van der Waals surface area contributed by atoms with Crippen molar-refractivity contribution in [1.29, 1.82) is 0 Å². The topological polar surface area (TPSA) is 12.9 Å². The van der Waals surface area contributed by atoms with Gasteiger partial charge in [0.25, 0.3) is 0 Å². The van der Waals surface area contributed by atoms with Gasteiger partial charge in [0.15, 0.2) is 0 Å². The summed E-state index contributed by atoms with van der Waals surface area (Å²) in [5, 5.41) is 0.